The molecule has 2 aromatic rings. The zero-order valence-corrected chi connectivity index (χ0v) is 16.4. The highest BCUT2D eigenvalue weighted by molar-refractivity contribution is 6.04. The molecule has 0 saturated heterocycles. The van der Waals surface area contributed by atoms with E-state index in [9.17, 15) is 9.59 Å². The number of hydrogen-bond acceptors (Lipinski definition) is 2. The molecule has 0 saturated carbocycles. The number of hydrogen-bond donors (Lipinski definition) is 2. The zero-order chi connectivity index (χ0) is 19.3. The van der Waals surface area contributed by atoms with Gasteiger partial charge in [-0.15, -0.1) is 0 Å². The second-order valence-electron chi connectivity index (χ2n) is 7.05. The lowest BCUT2D eigenvalue weighted by molar-refractivity contribution is -0.885. The minimum absolute atomic E-state index is 0.0266. The summed E-state index contributed by atoms with van der Waals surface area (Å²) < 4.78 is 0. The Bertz CT molecular complexity index is 767. The van der Waals surface area contributed by atoms with Crippen LogP contribution < -0.4 is 15.1 Å². The Morgan fingerprint density at radius 2 is 1.73 bits per heavy atom. The number of carbonyl (C=O) groups is 2. The van der Waals surface area contributed by atoms with Crippen molar-refractivity contribution in [2.75, 3.05) is 25.0 Å². The number of likely N-dealkylation sites (N-methyl/N-ethyl adjacent to an activating group) is 2. The molecule has 2 atom stereocenters. The quantitative estimate of drug-likeness (QED) is 0.792. The number of fused-ring (bicyclic) bond motifs is 1. The number of nitrogens with one attached hydrogen (secondary N) is 2. The molecule has 0 spiro atoms. The summed E-state index contributed by atoms with van der Waals surface area (Å²) in [6.45, 7) is 8.59. The largest absolute Gasteiger partial charge is 0.349 e. The molecule has 0 aliphatic heterocycles. The first-order valence-corrected chi connectivity index (χ1v) is 9.26. The molecule has 140 valence electrons. The van der Waals surface area contributed by atoms with Crippen molar-refractivity contribution in [3.05, 3.63) is 42.5 Å². The van der Waals surface area contributed by atoms with Crippen LogP contribution in [0.25, 0.3) is 10.8 Å². The molecule has 5 nitrogen and oxygen atoms in total. The Morgan fingerprint density at radius 3 is 2.38 bits per heavy atom. The first-order valence-electron chi connectivity index (χ1n) is 9.26. The maximum atomic E-state index is 13.1. The maximum absolute atomic E-state index is 13.1. The van der Waals surface area contributed by atoms with Crippen LogP contribution in [-0.2, 0) is 9.59 Å². The molecule has 2 amide bonds. The van der Waals surface area contributed by atoms with Gasteiger partial charge in [0.05, 0.1) is 12.7 Å². The van der Waals surface area contributed by atoms with Crippen LogP contribution in [0.4, 0.5) is 5.69 Å². The second-order valence-corrected chi connectivity index (χ2v) is 7.05. The van der Waals surface area contributed by atoms with E-state index in [-0.39, 0.29) is 30.4 Å². The molecule has 1 unspecified atom stereocenters. The van der Waals surface area contributed by atoms with Crippen molar-refractivity contribution in [2.45, 2.75) is 39.8 Å². The number of nitrogens with zero attached hydrogens (tertiary/aromatic N) is 1. The summed E-state index contributed by atoms with van der Waals surface area (Å²) in [4.78, 5) is 27.9. The third kappa shape index (κ3) is 4.61. The van der Waals surface area contributed by atoms with Gasteiger partial charge in [-0.05, 0) is 39.1 Å². The summed E-state index contributed by atoms with van der Waals surface area (Å²) in [6, 6.07) is 13.9. The van der Waals surface area contributed by atoms with Gasteiger partial charge in [-0.3, -0.25) is 9.59 Å². The van der Waals surface area contributed by atoms with Crippen LogP contribution >= 0.6 is 0 Å². The van der Waals surface area contributed by atoms with Gasteiger partial charge in [0.15, 0.2) is 12.6 Å². The van der Waals surface area contributed by atoms with E-state index >= 15 is 0 Å². The van der Waals surface area contributed by atoms with E-state index < -0.39 is 0 Å². The number of rotatable bonds is 7. The first kappa shape index (κ1) is 19.9. The molecule has 0 bridgehead atoms. The molecule has 5 heteroatoms. The molecule has 0 heterocycles. The Hall–Kier alpha value is -2.40. The van der Waals surface area contributed by atoms with Crippen molar-refractivity contribution in [3.63, 3.8) is 0 Å². The van der Waals surface area contributed by atoms with Crippen molar-refractivity contribution in [2.24, 2.45) is 0 Å². The predicted octanol–water partition coefficient (Wildman–Crippen LogP) is 1.62. The SMILES string of the molecule is CCN(C(=O)[C@@H](C)[NH+](C)CC(=O)NC(C)C)c1cccc2ccccc12. The molecule has 0 radical (unpaired) electrons. The summed E-state index contributed by atoms with van der Waals surface area (Å²) in [6.07, 6.45) is 0. The minimum Gasteiger partial charge on any atom is -0.349 e. The van der Waals surface area contributed by atoms with Crippen molar-refractivity contribution in [3.8, 4) is 0 Å². The van der Waals surface area contributed by atoms with Crippen LogP contribution in [0.15, 0.2) is 42.5 Å². The number of anilines is 1. The van der Waals surface area contributed by atoms with Crippen molar-refractivity contribution in [1.29, 1.82) is 0 Å². The van der Waals surface area contributed by atoms with Gasteiger partial charge in [0.2, 0.25) is 0 Å². The fraction of sp³-hybridized carbons (Fsp3) is 0.429. The summed E-state index contributed by atoms with van der Waals surface area (Å²) in [7, 11) is 1.89. The number of benzene rings is 2. The summed E-state index contributed by atoms with van der Waals surface area (Å²) in [5.74, 6) is -0.0101. The van der Waals surface area contributed by atoms with E-state index in [1.807, 2.05) is 82.1 Å². The van der Waals surface area contributed by atoms with Crippen molar-refractivity contribution in [1.82, 2.24) is 5.32 Å². The van der Waals surface area contributed by atoms with Crippen LogP contribution in [0.3, 0.4) is 0 Å². The topological polar surface area (TPSA) is 53.9 Å². The van der Waals surface area contributed by atoms with Gasteiger partial charge in [-0.1, -0.05) is 36.4 Å². The second kappa shape index (κ2) is 8.81. The van der Waals surface area contributed by atoms with E-state index in [1.165, 1.54) is 0 Å². The number of quaternary nitrogens is 1. The van der Waals surface area contributed by atoms with Crippen LogP contribution in [0, 0.1) is 0 Å². The van der Waals surface area contributed by atoms with Crippen LogP contribution in [0.2, 0.25) is 0 Å². The molecule has 26 heavy (non-hydrogen) atoms. The average molecular weight is 356 g/mol. The summed E-state index contributed by atoms with van der Waals surface area (Å²) in [5, 5.41) is 5.06. The van der Waals surface area contributed by atoms with Gasteiger partial charge in [0, 0.05) is 18.0 Å². The zero-order valence-electron chi connectivity index (χ0n) is 16.4. The van der Waals surface area contributed by atoms with Crippen LogP contribution in [0.1, 0.15) is 27.7 Å². The van der Waals surface area contributed by atoms with Crippen molar-refractivity contribution >= 4 is 28.3 Å². The van der Waals surface area contributed by atoms with E-state index in [0.29, 0.717) is 6.54 Å². The molecule has 0 aromatic heterocycles. The fourth-order valence-electron chi connectivity index (χ4n) is 3.11. The normalized spacial score (nSPS) is 13.5. The molecule has 2 aromatic carbocycles. The smallest absolute Gasteiger partial charge is 0.284 e. The van der Waals surface area contributed by atoms with Gasteiger partial charge in [0.25, 0.3) is 11.8 Å². The van der Waals surface area contributed by atoms with Gasteiger partial charge in [-0.2, -0.15) is 0 Å². The fourth-order valence-corrected chi connectivity index (χ4v) is 3.11. The summed E-state index contributed by atoms with van der Waals surface area (Å²) >= 11 is 0. The van der Waals surface area contributed by atoms with E-state index in [4.69, 9.17) is 0 Å². The lowest BCUT2D eigenvalue weighted by Crippen LogP contribution is -3.15. The molecule has 0 aliphatic carbocycles. The highest BCUT2D eigenvalue weighted by Crippen LogP contribution is 2.26. The van der Waals surface area contributed by atoms with Crippen molar-refractivity contribution < 1.29 is 14.5 Å². The monoisotopic (exact) mass is 356 g/mol. The standard InChI is InChI=1S/C21H29N3O2/c1-6-24(19-13-9-11-17-10-7-8-12-18(17)19)21(26)16(4)23(5)14-20(25)22-15(2)3/h7-13,15-16H,6,14H2,1-5H3,(H,22,25)/p+1/t16-/m1/s1. The Labute approximate surface area is 156 Å². The van der Waals surface area contributed by atoms with E-state index in [2.05, 4.69) is 5.32 Å². The third-order valence-electron chi connectivity index (χ3n) is 4.64. The number of amides is 2. The van der Waals surface area contributed by atoms with Crippen LogP contribution in [-0.4, -0.2) is 44.0 Å². The van der Waals surface area contributed by atoms with Gasteiger partial charge >= 0.3 is 0 Å². The molecule has 0 fully saturated rings. The van der Waals surface area contributed by atoms with E-state index in [0.717, 1.165) is 21.4 Å². The van der Waals surface area contributed by atoms with Crippen LogP contribution in [0.5, 0.6) is 0 Å². The Kier molecular flexibility index (Phi) is 6.75. The molecule has 2 rings (SSSR count). The van der Waals surface area contributed by atoms with Gasteiger partial charge < -0.3 is 15.1 Å². The lowest BCUT2D eigenvalue weighted by Gasteiger charge is -2.28. The maximum Gasteiger partial charge on any atom is 0.284 e. The predicted molar refractivity (Wildman–Crippen MR) is 106 cm³/mol. The summed E-state index contributed by atoms with van der Waals surface area (Å²) in [5.41, 5.74) is 0.918. The first-order chi connectivity index (χ1) is 12.3. The van der Waals surface area contributed by atoms with Gasteiger partial charge in [-0.25, -0.2) is 0 Å². The molecular formula is C21H30N3O2+. The minimum atomic E-state index is -0.313. The Morgan fingerprint density at radius 1 is 1.08 bits per heavy atom. The lowest BCUT2D eigenvalue weighted by atomic mass is 10.1. The molecule has 0 aliphatic rings. The molecular weight excluding hydrogens is 326 g/mol. The van der Waals surface area contributed by atoms with E-state index in [1.54, 1.807) is 0 Å². The molecule has 2 N–H and O–H groups in total. The third-order valence-corrected chi connectivity index (χ3v) is 4.64. The highest BCUT2D eigenvalue weighted by atomic mass is 16.2. The average Bonchev–Trinajstić information content (AvgIpc) is 2.60. The number of carbonyl (C=O) groups excluding carboxylic acids is 2. The Balaban J connectivity index is 2.20. The van der Waals surface area contributed by atoms with Gasteiger partial charge in [0.1, 0.15) is 0 Å². The highest BCUT2D eigenvalue weighted by Gasteiger charge is 2.29.